The van der Waals surface area contributed by atoms with E-state index in [1.54, 1.807) is 33.4 Å². The number of hydrogen-bond donors (Lipinski definition) is 2. The predicted molar refractivity (Wildman–Crippen MR) is 78.8 cm³/mol. The molecule has 6 heteroatoms. The van der Waals surface area contributed by atoms with Gasteiger partial charge in [-0.3, -0.25) is 4.79 Å². The fourth-order valence-electron chi connectivity index (χ4n) is 2.51. The van der Waals surface area contributed by atoms with Gasteiger partial charge in [-0.25, -0.2) is 0 Å². The normalized spacial score (nSPS) is 16.9. The first kappa shape index (κ1) is 15.4. The van der Waals surface area contributed by atoms with Crippen molar-refractivity contribution in [2.24, 2.45) is 11.7 Å². The Morgan fingerprint density at radius 1 is 1.33 bits per heavy atom. The van der Waals surface area contributed by atoms with E-state index in [1.807, 2.05) is 6.07 Å². The summed E-state index contributed by atoms with van der Waals surface area (Å²) in [4.78, 5) is 11.9. The maximum Gasteiger partial charge on any atom is 0.241 e. The van der Waals surface area contributed by atoms with Crippen LogP contribution in [0.1, 0.15) is 12.8 Å². The van der Waals surface area contributed by atoms with Crippen molar-refractivity contribution >= 4 is 5.91 Å². The maximum atomic E-state index is 11.9. The minimum absolute atomic E-state index is 0.139. The average Bonchev–Trinajstić information content (AvgIpc) is 3.33. The Balaban J connectivity index is 2.23. The summed E-state index contributed by atoms with van der Waals surface area (Å²) < 4.78 is 16.4. The van der Waals surface area contributed by atoms with Gasteiger partial charge in [0.25, 0.3) is 0 Å². The van der Waals surface area contributed by atoms with Crippen LogP contribution in [0.2, 0.25) is 0 Å². The summed E-state index contributed by atoms with van der Waals surface area (Å²) in [6, 6.07) is 5.37. The molecule has 0 radical (unpaired) electrons. The molecule has 1 unspecified atom stereocenters. The highest BCUT2D eigenvalue weighted by Gasteiger charge is 2.49. The van der Waals surface area contributed by atoms with Crippen LogP contribution in [0.15, 0.2) is 18.2 Å². The maximum absolute atomic E-state index is 11.9. The molecule has 1 aliphatic rings. The minimum atomic E-state index is -0.855. The Bertz CT molecular complexity index is 494. The van der Waals surface area contributed by atoms with Crippen LogP contribution in [0.25, 0.3) is 0 Å². The smallest absolute Gasteiger partial charge is 0.241 e. The molecular weight excluding hydrogens is 272 g/mol. The molecule has 21 heavy (non-hydrogen) atoms. The molecule has 1 fully saturated rings. The molecule has 0 spiro atoms. The van der Waals surface area contributed by atoms with Crippen molar-refractivity contribution < 1.29 is 19.0 Å². The molecule has 0 bridgehead atoms. The molecule has 0 aromatic heterocycles. The van der Waals surface area contributed by atoms with E-state index in [-0.39, 0.29) is 12.5 Å². The van der Waals surface area contributed by atoms with Crippen molar-refractivity contribution in [3.8, 4) is 17.2 Å². The molecule has 0 aliphatic heterocycles. The van der Waals surface area contributed by atoms with Gasteiger partial charge in [-0.05, 0) is 37.9 Å². The molecule has 3 N–H and O–H groups in total. The molecule has 1 amide bonds. The zero-order valence-corrected chi connectivity index (χ0v) is 12.6. The fourth-order valence-corrected chi connectivity index (χ4v) is 2.51. The highest BCUT2D eigenvalue weighted by Crippen LogP contribution is 2.42. The van der Waals surface area contributed by atoms with Crippen LogP contribution in [0.4, 0.5) is 0 Å². The Hall–Kier alpha value is -1.95. The second-order valence-corrected chi connectivity index (χ2v) is 5.14. The lowest BCUT2D eigenvalue weighted by molar-refractivity contribution is -0.126. The topological polar surface area (TPSA) is 82.8 Å². The Morgan fingerprint density at radius 3 is 2.29 bits per heavy atom. The van der Waals surface area contributed by atoms with Crippen molar-refractivity contribution in [3.63, 3.8) is 0 Å². The van der Waals surface area contributed by atoms with E-state index in [0.29, 0.717) is 17.2 Å². The van der Waals surface area contributed by atoms with Crippen LogP contribution in [-0.2, 0) is 4.79 Å². The lowest BCUT2D eigenvalue weighted by Crippen LogP contribution is -2.59. The van der Waals surface area contributed by atoms with Crippen molar-refractivity contribution in [2.75, 3.05) is 27.9 Å². The number of nitrogens with one attached hydrogen (secondary N) is 1. The van der Waals surface area contributed by atoms with E-state index >= 15 is 0 Å². The van der Waals surface area contributed by atoms with Crippen LogP contribution in [-0.4, -0.2) is 39.3 Å². The number of carbonyl (C=O) groups is 1. The van der Waals surface area contributed by atoms with Crippen LogP contribution >= 0.6 is 0 Å². The third kappa shape index (κ3) is 2.90. The number of para-hydroxylation sites is 1. The van der Waals surface area contributed by atoms with E-state index in [2.05, 4.69) is 5.32 Å². The van der Waals surface area contributed by atoms with E-state index in [4.69, 9.17) is 19.9 Å². The van der Waals surface area contributed by atoms with Gasteiger partial charge in [-0.15, -0.1) is 0 Å². The third-order valence-corrected chi connectivity index (χ3v) is 3.99. The number of amides is 1. The van der Waals surface area contributed by atoms with E-state index < -0.39 is 11.4 Å². The number of benzene rings is 1. The number of hydrogen-bond acceptors (Lipinski definition) is 5. The summed E-state index contributed by atoms with van der Waals surface area (Å²) in [6.07, 6.45) is 1.94. The van der Waals surface area contributed by atoms with Crippen molar-refractivity contribution in [1.29, 1.82) is 0 Å². The van der Waals surface area contributed by atoms with E-state index in [9.17, 15) is 4.79 Å². The second kappa shape index (κ2) is 6.22. The largest absolute Gasteiger partial charge is 0.493 e. The summed E-state index contributed by atoms with van der Waals surface area (Å²) in [5.41, 5.74) is 4.73. The zero-order chi connectivity index (χ0) is 15.5. The van der Waals surface area contributed by atoms with Gasteiger partial charge in [0.15, 0.2) is 11.5 Å². The van der Waals surface area contributed by atoms with Gasteiger partial charge in [0.2, 0.25) is 11.7 Å². The molecule has 0 saturated heterocycles. The molecular formula is C15H22N2O4. The lowest BCUT2D eigenvalue weighted by atomic mass is 9.93. The number of ether oxygens (including phenoxy) is 3. The van der Waals surface area contributed by atoms with E-state index in [0.717, 1.165) is 12.8 Å². The van der Waals surface area contributed by atoms with Crippen LogP contribution in [0.5, 0.6) is 17.2 Å². The summed E-state index contributed by atoms with van der Waals surface area (Å²) in [5.74, 6) is 1.39. The minimum Gasteiger partial charge on any atom is -0.493 e. The summed E-state index contributed by atoms with van der Waals surface area (Å²) in [7, 11) is 4.84. The molecule has 116 valence electrons. The quantitative estimate of drug-likeness (QED) is 0.745. The van der Waals surface area contributed by atoms with E-state index in [1.165, 1.54) is 0 Å². The van der Waals surface area contributed by atoms with Gasteiger partial charge in [0.05, 0.1) is 14.2 Å². The highest BCUT2D eigenvalue weighted by molar-refractivity contribution is 5.85. The Labute approximate surface area is 124 Å². The predicted octanol–water partition coefficient (Wildman–Crippen LogP) is 0.936. The van der Waals surface area contributed by atoms with Gasteiger partial charge in [0, 0.05) is 0 Å². The molecule has 1 aliphatic carbocycles. The Kier molecular flexibility index (Phi) is 4.57. The van der Waals surface area contributed by atoms with Gasteiger partial charge in [0.1, 0.15) is 12.1 Å². The van der Waals surface area contributed by atoms with Crippen LogP contribution in [0.3, 0.4) is 0 Å². The first-order chi connectivity index (χ1) is 10.1. The third-order valence-electron chi connectivity index (χ3n) is 3.99. The summed E-state index contributed by atoms with van der Waals surface area (Å²) >= 11 is 0. The average molecular weight is 294 g/mol. The number of rotatable bonds is 8. The molecule has 0 heterocycles. The first-order valence-corrected chi connectivity index (χ1v) is 6.91. The van der Waals surface area contributed by atoms with Gasteiger partial charge < -0.3 is 25.3 Å². The number of primary amides is 1. The lowest BCUT2D eigenvalue weighted by Gasteiger charge is -2.30. The van der Waals surface area contributed by atoms with Crippen LogP contribution in [0, 0.1) is 5.92 Å². The SMILES string of the molecule is CNC(COc1c(OC)cccc1OC)(C(N)=O)C1CC1. The number of carbonyl (C=O) groups excluding carboxylic acids is 1. The number of nitrogens with two attached hydrogens (primary N) is 1. The van der Waals surface area contributed by atoms with Crippen molar-refractivity contribution in [2.45, 2.75) is 18.4 Å². The fraction of sp³-hybridized carbons (Fsp3) is 0.533. The van der Waals surface area contributed by atoms with Gasteiger partial charge in [-0.1, -0.05) is 6.07 Å². The summed E-state index contributed by atoms with van der Waals surface area (Å²) in [5, 5.41) is 3.04. The molecule has 6 nitrogen and oxygen atoms in total. The number of methoxy groups -OCH3 is 2. The highest BCUT2D eigenvalue weighted by atomic mass is 16.5. The van der Waals surface area contributed by atoms with Crippen LogP contribution < -0.4 is 25.3 Å². The standard InChI is InChI=1S/C15H22N2O4/c1-17-15(14(16)18,10-7-8-10)9-21-13-11(19-2)5-4-6-12(13)20-3/h4-6,10,17H,7-9H2,1-3H3,(H2,16,18). The van der Waals surface area contributed by atoms with Crippen molar-refractivity contribution in [1.82, 2.24) is 5.32 Å². The second-order valence-electron chi connectivity index (χ2n) is 5.14. The molecule has 1 saturated carbocycles. The Morgan fingerprint density at radius 2 is 1.90 bits per heavy atom. The number of likely N-dealkylation sites (N-methyl/N-ethyl adjacent to an activating group) is 1. The summed E-state index contributed by atoms with van der Waals surface area (Å²) in [6.45, 7) is 0.139. The molecule has 1 aromatic rings. The monoisotopic (exact) mass is 294 g/mol. The molecule has 1 atom stereocenters. The van der Waals surface area contributed by atoms with Crippen molar-refractivity contribution in [3.05, 3.63) is 18.2 Å². The first-order valence-electron chi connectivity index (χ1n) is 6.91. The molecule has 2 rings (SSSR count). The zero-order valence-electron chi connectivity index (χ0n) is 12.6. The van der Waals surface area contributed by atoms with Gasteiger partial charge in [-0.2, -0.15) is 0 Å². The molecule has 1 aromatic carbocycles. The van der Waals surface area contributed by atoms with Gasteiger partial charge >= 0.3 is 0 Å².